The molecule has 0 saturated carbocycles. The Kier molecular flexibility index (Phi) is 3.62. The fourth-order valence-electron chi connectivity index (χ4n) is 1.81. The summed E-state index contributed by atoms with van der Waals surface area (Å²) in [5, 5.41) is 7.60. The molecule has 0 saturated heterocycles. The largest absolute Gasteiger partial charge is 0.384 e. The summed E-state index contributed by atoms with van der Waals surface area (Å²) in [6.45, 7) is 2.79. The molecule has 0 fully saturated rings. The average molecular weight is 260 g/mol. The second kappa shape index (κ2) is 5.18. The van der Waals surface area contributed by atoms with Gasteiger partial charge < -0.3 is 10.6 Å². The molecule has 0 aliphatic heterocycles. The summed E-state index contributed by atoms with van der Waals surface area (Å²) in [6, 6.07) is 7.70. The second-order valence-electron chi connectivity index (χ2n) is 4.15. The highest BCUT2D eigenvalue weighted by atomic mass is 32.1. The number of aryl methyl sites for hydroxylation is 1. The number of amidine groups is 1. The molecule has 1 aromatic carbocycles. The molecule has 18 heavy (non-hydrogen) atoms. The summed E-state index contributed by atoms with van der Waals surface area (Å²) in [5.41, 5.74) is 10.3. The van der Waals surface area contributed by atoms with Gasteiger partial charge in [-0.25, -0.2) is 4.98 Å². The Morgan fingerprint density at radius 3 is 2.78 bits per heavy atom. The van der Waals surface area contributed by atoms with Crippen molar-refractivity contribution in [1.29, 1.82) is 5.41 Å². The number of nitrogens with two attached hydrogens (primary N) is 1. The van der Waals surface area contributed by atoms with Crippen LogP contribution in [-0.4, -0.2) is 17.9 Å². The minimum absolute atomic E-state index is 0.0958. The Balaban J connectivity index is 2.26. The summed E-state index contributed by atoms with van der Waals surface area (Å²) >= 11 is 1.65. The zero-order chi connectivity index (χ0) is 13.1. The monoisotopic (exact) mass is 260 g/mol. The topological polar surface area (TPSA) is 66.0 Å². The summed E-state index contributed by atoms with van der Waals surface area (Å²) in [4.78, 5) is 7.57. The summed E-state index contributed by atoms with van der Waals surface area (Å²) < 4.78 is 0. The molecule has 4 nitrogen and oxygen atoms in total. The lowest BCUT2D eigenvalue weighted by atomic mass is 10.1. The Hall–Kier alpha value is -1.88. The predicted octanol–water partition coefficient (Wildman–Crippen LogP) is 2.37. The molecule has 0 amide bonds. The fourth-order valence-corrected chi connectivity index (χ4v) is 2.64. The van der Waals surface area contributed by atoms with Gasteiger partial charge in [0.25, 0.3) is 0 Å². The first kappa shape index (κ1) is 12.6. The van der Waals surface area contributed by atoms with Crippen LogP contribution in [-0.2, 0) is 6.54 Å². The van der Waals surface area contributed by atoms with Crippen LogP contribution in [0.4, 0.5) is 5.69 Å². The van der Waals surface area contributed by atoms with E-state index in [1.165, 1.54) is 4.88 Å². The van der Waals surface area contributed by atoms with E-state index >= 15 is 0 Å². The van der Waals surface area contributed by atoms with Crippen molar-refractivity contribution in [1.82, 2.24) is 4.98 Å². The molecule has 0 atom stereocenters. The summed E-state index contributed by atoms with van der Waals surface area (Å²) in [5.74, 6) is 0.0958. The molecule has 0 spiro atoms. The van der Waals surface area contributed by atoms with Crippen LogP contribution >= 0.6 is 11.3 Å². The first-order chi connectivity index (χ1) is 8.59. The number of benzene rings is 1. The third-order valence-corrected chi connectivity index (χ3v) is 3.75. The van der Waals surface area contributed by atoms with E-state index in [0.717, 1.165) is 23.5 Å². The van der Waals surface area contributed by atoms with Gasteiger partial charge in [0, 0.05) is 23.2 Å². The lowest BCUT2D eigenvalue weighted by Gasteiger charge is -2.21. The van der Waals surface area contributed by atoms with Gasteiger partial charge in [0.05, 0.1) is 17.7 Å². The molecule has 0 radical (unpaired) electrons. The number of nitrogens with one attached hydrogen (secondary N) is 1. The number of hydrogen-bond donors (Lipinski definition) is 2. The van der Waals surface area contributed by atoms with Crippen LogP contribution in [0.3, 0.4) is 0 Å². The maximum Gasteiger partial charge on any atom is 0.124 e. The van der Waals surface area contributed by atoms with Crippen molar-refractivity contribution in [2.75, 3.05) is 11.9 Å². The van der Waals surface area contributed by atoms with Crippen LogP contribution in [0.1, 0.15) is 16.1 Å². The Morgan fingerprint density at radius 1 is 1.44 bits per heavy atom. The van der Waals surface area contributed by atoms with Crippen molar-refractivity contribution >= 4 is 22.9 Å². The quantitative estimate of drug-likeness (QED) is 0.655. The van der Waals surface area contributed by atoms with E-state index in [2.05, 4.69) is 9.88 Å². The number of rotatable bonds is 4. The van der Waals surface area contributed by atoms with Gasteiger partial charge in [-0.15, -0.1) is 11.3 Å². The molecular weight excluding hydrogens is 244 g/mol. The SMILES string of the molecule is Cc1ncsc1CN(C)c1ccccc1C(=N)N. The second-order valence-corrected chi connectivity index (χ2v) is 5.09. The maximum atomic E-state index is 7.60. The molecule has 2 aromatic rings. The van der Waals surface area contributed by atoms with Gasteiger partial charge in [-0.05, 0) is 19.1 Å². The zero-order valence-electron chi connectivity index (χ0n) is 10.5. The van der Waals surface area contributed by atoms with Crippen molar-refractivity contribution < 1.29 is 0 Å². The van der Waals surface area contributed by atoms with Gasteiger partial charge >= 0.3 is 0 Å². The molecule has 2 rings (SSSR count). The molecule has 3 N–H and O–H groups in total. The van der Waals surface area contributed by atoms with Crippen LogP contribution < -0.4 is 10.6 Å². The van der Waals surface area contributed by atoms with Gasteiger partial charge in [0.15, 0.2) is 0 Å². The smallest absolute Gasteiger partial charge is 0.124 e. The summed E-state index contributed by atoms with van der Waals surface area (Å²) in [7, 11) is 2.00. The van der Waals surface area contributed by atoms with E-state index in [-0.39, 0.29) is 5.84 Å². The van der Waals surface area contributed by atoms with E-state index in [9.17, 15) is 0 Å². The highest BCUT2D eigenvalue weighted by Gasteiger charge is 2.11. The minimum atomic E-state index is 0.0958. The van der Waals surface area contributed by atoms with Crippen molar-refractivity contribution in [2.24, 2.45) is 5.73 Å². The predicted molar refractivity (Wildman–Crippen MR) is 76.4 cm³/mol. The van der Waals surface area contributed by atoms with E-state index in [1.54, 1.807) is 11.3 Å². The van der Waals surface area contributed by atoms with E-state index in [4.69, 9.17) is 11.1 Å². The first-order valence-electron chi connectivity index (χ1n) is 5.63. The number of hydrogen-bond acceptors (Lipinski definition) is 4. The number of nitrogen functional groups attached to an aromatic ring is 1. The molecule has 1 aromatic heterocycles. The molecule has 0 unspecified atom stereocenters. The molecule has 94 valence electrons. The van der Waals surface area contributed by atoms with Gasteiger partial charge in [-0.3, -0.25) is 5.41 Å². The van der Waals surface area contributed by atoms with Gasteiger partial charge in [-0.2, -0.15) is 0 Å². The third kappa shape index (κ3) is 2.51. The molecule has 5 heteroatoms. The van der Waals surface area contributed by atoms with Gasteiger partial charge in [0.2, 0.25) is 0 Å². The van der Waals surface area contributed by atoms with Gasteiger partial charge in [0.1, 0.15) is 5.84 Å². The van der Waals surface area contributed by atoms with Crippen LogP contribution in [0.5, 0.6) is 0 Å². The lowest BCUT2D eigenvalue weighted by molar-refractivity contribution is 0.924. The van der Waals surface area contributed by atoms with Crippen molar-refractivity contribution in [3.05, 3.63) is 45.9 Å². The maximum absolute atomic E-state index is 7.60. The Bertz CT molecular complexity index is 562. The highest BCUT2D eigenvalue weighted by Crippen LogP contribution is 2.22. The lowest BCUT2D eigenvalue weighted by Crippen LogP contribution is -2.21. The van der Waals surface area contributed by atoms with Gasteiger partial charge in [-0.1, -0.05) is 12.1 Å². The van der Waals surface area contributed by atoms with Crippen molar-refractivity contribution in [2.45, 2.75) is 13.5 Å². The van der Waals surface area contributed by atoms with Crippen molar-refractivity contribution in [3.63, 3.8) is 0 Å². The fraction of sp³-hybridized carbons (Fsp3) is 0.231. The molecule has 1 heterocycles. The number of nitrogens with zero attached hydrogens (tertiary/aromatic N) is 2. The van der Waals surface area contributed by atoms with Crippen LogP contribution in [0.2, 0.25) is 0 Å². The van der Waals surface area contributed by atoms with E-state index in [1.807, 2.05) is 43.7 Å². The van der Waals surface area contributed by atoms with Crippen LogP contribution in [0.25, 0.3) is 0 Å². The normalized spacial score (nSPS) is 10.3. The number of thiazole rings is 1. The number of aromatic nitrogens is 1. The Morgan fingerprint density at radius 2 is 2.17 bits per heavy atom. The zero-order valence-corrected chi connectivity index (χ0v) is 11.3. The highest BCUT2D eigenvalue weighted by molar-refractivity contribution is 7.09. The molecule has 0 bridgehead atoms. The molecular formula is C13H16N4S. The third-order valence-electron chi connectivity index (χ3n) is 2.83. The van der Waals surface area contributed by atoms with Crippen LogP contribution in [0, 0.1) is 12.3 Å². The standard InChI is InChI=1S/C13H16N4S/c1-9-12(18-8-16-9)7-17(2)11-6-4-3-5-10(11)13(14)15/h3-6,8H,7H2,1-2H3,(H3,14,15). The van der Waals surface area contributed by atoms with E-state index < -0.39 is 0 Å². The van der Waals surface area contributed by atoms with E-state index in [0.29, 0.717) is 0 Å². The Labute approximate surface area is 111 Å². The number of para-hydroxylation sites is 1. The number of anilines is 1. The molecule has 0 aliphatic carbocycles. The minimum Gasteiger partial charge on any atom is -0.384 e. The van der Waals surface area contributed by atoms with Crippen LogP contribution in [0.15, 0.2) is 29.8 Å². The summed E-state index contributed by atoms with van der Waals surface area (Å²) in [6.07, 6.45) is 0. The first-order valence-corrected chi connectivity index (χ1v) is 6.51. The van der Waals surface area contributed by atoms with Crippen molar-refractivity contribution in [3.8, 4) is 0 Å². The average Bonchev–Trinajstić information content (AvgIpc) is 2.75. The molecule has 0 aliphatic rings.